The summed E-state index contributed by atoms with van der Waals surface area (Å²) in [5.41, 5.74) is 0.0169. The van der Waals surface area contributed by atoms with E-state index in [4.69, 9.17) is 0 Å². The smallest absolute Gasteiger partial charge is 0.321 e. The van der Waals surface area contributed by atoms with Gasteiger partial charge < -0.3 is 10.6 Å². The number of para-hydroxylation sites is 1. The highest BCUT2D eigenvalue weighted by Crippen LogP contribution is 2.45. The van der Waals surface area contributed by atoms with Crippen molar-refractivity contribution in [3.8, 4) is 0 Å². The van der Waals surface area contributed by atoms with Gasteiger partial charge in [-0.2, -0.15) is 13.2 Å². The second-order valence-corrected chi connectivity index (χ2v) is 10.0. The van der Waals surface area contributed by atoms with Gasteiger partial charge >= 0.3 is 6.18 Å². The summed E-state index contributed by atoms with van der Waals surface area (Å²) >= 11 is 1.36. The first kappa shape index (κ1) is 23.3. The van der Waals surface area contributed by atoms with Gasteiger partial charge in [-0.05, 0) is 48.3 Å². The average Bonchev–Trinajstić information content (AvgIpc) is 3.03. The Morgan fingerprint density at radius 2 is 1.81 bits per heavy atom. The van der Waals surface area contributed by atoms with Crippen LogP contribution in [0.1, 0.15) is 66.9 Å². The van der Waals surface area contributed by atoms with Crippen molar-refractivity contribution in [2.45, 2.75) is 59.6 Å². The number of hydrogen-bond acceptors (Lipinski definition) is 3. The number of carbonyl (C=O) groups is 2. The quantitative estimate of drug-likeness (QED) is 0.555. The minimum Gasteiger partial charge on any atom is -0.321 e. The van der Waals surface area contributed by atoms with Crippen LogP contribution in [0.4, 0.5) is 23.9 Å². The van der Waals surface area contributed by atoms with E-state index in [0.717, 1.165) is 29.3 Å². The van der Waals surface area contributed by atoms with Gasteiger partial charge in [0.2, 0.25) is 5.91 Å². The molecule has 0 spiro atoms. The molecule has 2 N–H and O–H groups in total. The predicted octanol–water partition coefficient (Wildman–Crippen LogP) is 6.52. The Morgan fingerprint density at radius 1 is 1.13 bits per heavy atom. The van der Waals surface area contributed by atoms with E-state index in [1.54, 1.807) is 6.92 Å². The molecule has 3 rings (SSSR count). The molecular formula is C23H27F3N2O2S. The van der Waals surface area contributed by atoms with E-state index in [-0.39, 0.29) is 29.0 Å². The van der Waals surface area contributed by atoms with E-state index in [0.29, 0.717) is 17.3 Å². The van der Waals surface area contributed by atoms with Crippen LogP contribution in [0.25, 0.3) is 0 Å². The fraction of sp³-hybridized carbons (Fsp3) is 0.478. The average molecular weight is 453 g/mol. The molecule has 31 heavy (non-hydrogen) atoms. The van der Waals surface area contributed by atoms with Crippen LogP contribution in [-0.4, -0.2) is 11.8 Å². The Labute approximate surface area is 184 Å². The number of fused-ring (bicyclic) bond motifs is 1. The Bertz CT molecular complexity index is 990. The molecule has 1 atom stereocenters. The van der Waals surface area contributed by atoms with Crippen molar-refractivity contribution >= 4 is 33.8 Å². The number of benzene rings is 1. The Morgan fingerprint density at radius 3 is 2.42 bits per heavy atom. The molecule has 0 bridgehead atoms. The first-order chi connectivity index (χ1) is 14.4. The molecule has 8 heteroatoms. The fourth-order valence-corrected chi connectivity index (χ4v) is 5.23. The molecule has 1 aromatic heterocycles. The summed E-state index contributed by atoms with van der Waals surface area (Å²) in [4.78, 5) is 26.2. The molecule has 0 saturated carbocycles. The molecule has 0 unspecified atom stereocenters. The largest absolute Gasteiger partial charge is 0.418 e. The maximum Gasteiger partial charge on any atom is 0.418 e. The van der Waals surface area contributed by atoms with Crippen molar-refractivity contribution in [1.29, 1.82) is 0 Å². The Hall–Kier alpha value is -2.35. The minimum absolute atomic E-state index is 0.0998. The molecule has 0 saturated heterocycles. The van der Waals surface area contributed by atoms with Gasteiger partial charge in [0, 0.05) is 11.3 Å². The number of anilines is 2. The fourth-order valence-electron chi connectivity index (χ4n) is 3.89. The number of carbonyl (C=O) groups excluding carboxylic acids is 2. The number of rotatable bonds is 4. The molecule has 0 radical (unpaired) electrons. The molecular weight excluding hydrogens is 425 g/mol. The second kappa shape index (κ2) is 8.65. The summed E-state index contributed by atoms with van der Waals surface area (Å²) < 4.78 is 40.1. The van der Waals surface area contributed by atoms with Crippen molar-refractivity contribution in [2.75, 3.05) is 10.6 Å². The van der Waals surface area contributed by atoms with E-state index in [1.807, 2.05) is 0 Å². The number of hydrogen-bond donors (Lipinski definition) is 2. The van der Waals surface area contributed by atoms with Gasteiger partial charge in [-0.15, -0.1) is 11.3 Å². The summed E-state index contributed by atoms with van der Waals surface area (Å²) in [6, 6.07) is 4.90. The van der Waals surface area contributed by atoms with E-state index in [9.17, 15) is 22.8 Å². The number of nitrogens with one attached hydrogen (secondary N) is 2. The van der Waals surface area contributed by atoms with Gasteiger partial charge in [0.15, 0.2) is 0 Å². The third-order valence-electron chi connectivity index (χ3n) is 5.77. The molecule has 1 aliphatic rings. The van der Waals surface area contributed by atoms with E-state index in [1.165, 1.54) is 29.5 Å². The van der Waals surface area contributed by atoms with Gasteiger partial charge in [-0.25, -0.2) is 0 Å². The lowest BCUT2D eigenvalue weighted by atomic mass is 9.72. The highest BCUT2D eigenvalue weighted by Gasteiger charge is 2.36. The lowest BCUT2D eigenvalue weighted by Gasteiger charge is -2.33. The van der Waals surface area contributed by atoms with Crippen LogP contribution in [0.3, 0.4) is 0 Å². The third kappa shape index (κ3) is 5.11. The van der Waals surface area contributed by atoms with Gasteiger partial charge in [-0.3, -0.25) is 9.59 Å². The number of thiophene rings is 1. The van der Waals surface area contributed by atoms with Crippen LogP contribution in [0, 0.1) is 11.3 Å². The molecule has 2 amide bonds. The maximum absolute atomic E-state index is 13.4. The van der Waals surface area contributed by atoms with Crippen molar-refractivity contribution in [3.05, 3.63) is 45.8 Å². The zero-order chi connectivity index (χ0) is 23.0. The number of halogens is 3. The van der Waals surface area contributed by atoms with Crippen LogP contribution in [0.15, 0.2) is 24.3 Å². The monoisotopic (exact) mass is 452 g/mol. The van der Waals surface area contributed by atoms with Crippen molar-refractivity contribution in [3.63, 3.8) is 0 Å². The van der Waals surface area contributed by atoms with Crippen LogP contribution in [0.5, 0.6) is 0 Å². The standard InChI is InChI=1S/C23H27F3N2O2S/c1-5-18(29)28-21-19(14-11-10-13(22(2,3)4)12-17(14)31-21)20(30)27-16-9-7-6-8-15(16)23(24,25)26/h6-9,13H,5,10-12H2,1-4H3,(H,27,30)(H,28,29)/t13-/m1/s1. The van der Waals surface area contributed by atoms with E-state index < -0.39 is 17.6 Å². The molecule has 2 aromatic rings. The SMILES string of the molecule is CCC(=O)Nc1sc2c(c1C(=O)Nc1ccccc1C(F)(F)F)CC[C@@H](C(C)(C)C)C2. The van der Waals surface area contributed by atoms with Crippen molar-refractivity contribution in [2.24, 2.45) is 11.3 Å². The second-order valence-electron chi connectivity index (χ2n) is 8.91. The number of amides is 2. The molecule has 1 aromatic carbocycles. The van der Waals surface area contributed by atoms with Crippen LogP contribution in [0.2, 0.25) is 0 Å². The third-order valence-corrected chi connectivity index (χ3v) is 6.94. The molecule has 0 aliphatic heterocycles. The predicted molar refractivity (Wildman–Crippen MR) is 118 cm³/mol. The minimum atomic E-state index is -4.59. The molecule has 0 fully saturated rings. The lowest BCUT2D eigenvalue weighted by molar-refractivity contribution is -0.136. The Kier molecular flexibility index (Phi) is 6.51. The summed E-state index contributed by atoms with van der Waals surface area (Å²) in [5, 5.41) is 5.63. The van der Waals surface area contributed by atoms with Crippen molar-refractivity contribution in [1.82, 2.24) is 0 Å². The van der Waals surface area contributed by atoms with Crippen LogP contribution in [-0.2, 0) is 23.8 Å². The van der Waals surface area contributed by atoms with Gasteiger partial charge in [0.25, 0.3) is 5.91 Å². The van der Waals surface area contributed by atoms with Gasteiger partial charge in [-0.1, -0.05) is 39.8 Å². The highest BCUT2D eigenvalue weighted by molar-refractivity contribution is 7.17. The molecule has 168 valence electrons. The van der Waals surface area contributed by atoms with E-state index >= 15 is 0 Å². The Balaban J connectivity index is 1.99. The first-order valence-electron chi connectivity index (χ1n) is 10.3. The topological polar surface area (TPSA) is 58.2 Å². The summed E-state index contributed by atoms with van der Waals surface area (Å²) in [7, 11) is 0. The van der Waals surface area contributed by atoms with Crippen molar-refractivity contribution < 1.29 is 22.8 Å². The molecule has 1 aliphatic carbocycles. The first-order valence-corrected chi connectivity index (χ1v) is 11.2. The summed E-state index contributed by atoms with van der Waals surface area (Å²) in [5.74, 6) is -0.444. The van der Waals surface area contributed by atoms with Gasteiger partial charge in [0.05, 0.1) is 16.8 Å². The maximum atomic E-state index is 13.4. The van der Waals surface area contributed by atoms with E-state index in [2.05, 4.69) is 31.4 Å². The summed E-state index contributed by atoms with van der Waals surface area (Å²) in [6.07, 6.45) is -2.03. The summed E-state index contributed by atoms with van der Waals surface area (Å²) in [6.45, 7) is 8.24. The number of alkyl halides is 3. The highest BCUT2D eigenvalue weighted by atomic mass is 32.1. The lowest BCUT2D eigenvalue weighted by Crippen LogP contribution is -2.27. The van der Waals surface area contributed by atoms with Gasteiger partial charge in [0.1, 0.15) is 5.00 Å². The zero-order valence-corrected chi connectivity index (χ0v) is 18.9. The normalized spacial score (nSPS) is 16.5. The zero-order valence-electron chi connectivity index (χ0n) is 18.1. The van der Waals surface area contributed by atoms with Crippen LogP contribution >= 0.6 is 11.3 Å². The van der Waals surface area contributed by atoms with Crippen LogP contribution < -0.4 is 10.6 Å². The molecule has 4 nitrogen and oxygen atoms in total. The molecule has 1 heterocycles.